The standard InChI is InChI=1S/C17H18FNO3S/c1-13-2-8-16(9-3-13)23(20,21)19-10-11-22-17(12-19)14-4-6-15(18)7-5-14/h2-9,17H,10-12H2,1H3/t17-/m0/s1. The fourth-order valence-corrected chi connectivity index (χ4v) is 4.01. The average molecular weight is 335 g/mol. The summed E-state index contributed by atoms with van der Waals surface area (Å²) in [5.41, 5.74) is 1.78. The Labute approximate surface area is 135 Å². The minimum absolute atomic E-state index is 0.224. The van der Waals surface area contributed by atoms with Crippen LogP contribution in [0.3, 0.4) is 0 Å². The Bertz CT molecular complexity index is 772. The van der Waals surface area contributed by atoms with Crippen LogP contribution in [0, 0.1) is 12.7 Å². The summed E-state index contributed by atoms with van der Waals surface area (Å²) in [5.74, 6) is -0.325. The van der Waals surface area contributed by atoms with Crippen LogP contribution >= 0.6 is 0 Å². The zero-order valence-corrected chi connectivity index (χ0v) is 13.6. The summed E-state index contributed by atoms with van der Waals surface area (Å²) in [6.45, 7) is 2.76. The van der Waals surface area contributed by atoms with Crippen molar-refractivity contribution in [3.05, 3.63) is 65.5 Å². The lowest BCUT2D eigenvalue weighted by Gasteiger charge is -2.32. The molecule has 0 radical (unpaired) electrons. The zero-order valence-electron chi connectivity index (χ0n) is 12.8. The lowest BCUT2D eigenvalue weighted by atomic mass is 10.1. The van der Waals surface area contributed by atoms with E-state index < -0.39 is 10.0 Å². The lowest BCUT2D eigenvalue weighted by molar-refractivity contribution is -0.00258. The summed E-state index contributed by atoms with van der Waals surface area (Å²) in [4.78, 5) is 0.280. The minimum Gasteiger partial charge on any atom is -0.371 e. The van der Waals surface area contributed by atoms with E-state index >= 15 is 0 Å². The molecule has 0 saturated carbocycles. The molecule has 122 valence electrons. The van der Waals surface area contributed by atoms with Crippen molar-refractivity contribution in [1.29, 1.82) is 0 Å². The van der Waals surface area contributed by atoms with Crippen molar-refractivity contribution in [1.82, 2.24) is 4.31 Å². The van der Waals surface area contributed by atoms with Gasteiger partial charge in [0.2, 0.25) is 10.0 Å². The molecule has 0 bridgehead atoms. The first-order chi connectivity index (χ1) is 11.0. The largest absolute Gasteiger partial charge is 0.371 e. The van der Waals surface area contributed by atoms with Gasteiger partial charge in [-0.05, 0) is 36.8 Å². The number of morpholine rings is 1. The van der Waals surface area contributed by atoms with Gasteiger partial charge in [-0.2, -0.15) is 4.31 Å². The van der Waals surface area contributed by atoms with Crippen LogP contribution in [0.2, 0.25) is 0 Å². The smallest absolute Gasteiger partial charge is 0.243 e. The van der Waals surface area contributed by atoms with E-state index in [1.807, 2.05) is 6.92 Å². The van der Waals surface area contributed by atoms with Crippen LogP contribution in [0.15, 0.2) is 53.4 Å². The van der Waals surface area contributed by atoms with Crippen molar-refractivity contribution in [2.45, 2.75) is 17.9 Å². The van der Waals surface area contributed by atoms with Crippen LogP contribution in [-0.4, -0.2) is 32.4 Å². The van der Waals surface area contributed by atoms with Gasteiger partial charge in [0.1, 0.15) is 5.82 Å². The predicted molar refractivity (Wildman–Crippen MR) is 85.0 cm³/mol. The third kappa shape index (κ3) is 3.44. The maximum Gasteiger partial charge on any atom is 0.243 e. The average Bonchev–Trinajstić information content (AvgIpc) is 2.56. The van der Waals surface area contributed by atoms with Gasteiger partial charge in [-0.3, -0.25) is 0 Å². The van der Waals surface area contributed by atoms with Crippen LogP contribution in [0.25, 0.3) is 0 Å². The number of aryl methyl sites for hydroxylation is 1. The molecule has 3 rings (SSSR count). The second-order valence-electron chi connectivity index (χ2n) is 5.59. The highest BCUT2D eigenvalue weighted by atomic mass is 32.2. The Morgan fingerprint density at radius 2 is 1.74 bits per heavy atom. The third-order valence-electron chi connectivity index (χ3n) is 3.93. The number of sulfonamides is 1. The Morgan fingerprint density at radius 3 is 2.39 bits per heavy atom. The summed E-state index contributed by atoms with van der Waals surface area (Å²) >= 11 is 0. The predicted octanol–water partition coefficient (Wildman–Crippen LogP) is 2.90. The van der Waals surface area contributed by atoms with Crippen LogP contribution < -0.4 is 0 Å². The molecule has 6 heteroatoms. The molecule has 4 nitrogen and oxygen atoms in total. The van der Waals surface area contributed by atoms with E-state index in [1.165, 1.54) is 16.4 Å². The maximum absolute atomic E-state index is 13.0. The number of hydrogen-bond acceptors (Lipinski definition) is 3. The lowest BCUT2D eigenvalue weighted by Crippen LogP contribution is -2.42. The first-order valence-electron chi connectivity index (χ1n) is 7.41. The minimum atomic E-state index is -3.55. The van der Waals surface area contributed by atoms with Crippen LogP contribution in [0.5, 0.6) is 0 Å². The van der Waals surface area contributed by atoms with Gasteiger partial charge in [0.25, 0.3) is 0 Å². The van der Waals surface area contributed by atoms with Crippen LogP contribution in [-0.2, 0) is 14.8 Å². The van der Waals surface area contributed by atoms with Gasteiger partial charge in [-0.15, -0.1) is 0 Å². The summed E-state index contributed by atoms with van der Waals surface area (Å²) in [5, 5.41) is 0. The Balaban J connectivity index is 1.82. The Morgan fingerprint density at radius 1 is 1.09 bits per heavy atom. The van der Waals surface area contributed by atoms with E-state index in [9.17, 15) is 12.8 Å². The van der Waals surface area contributed by atoms with Gasteiger partial charge in [-0.1, -0.05) is 29.8 Å². The Hall–Kier alpha value is -1.76. The normalized spacial score (nSPS) is 19.7. The number of halogens is 1. The second kappa shape index (κ2) is 6.39. The third-order valence-corrected chi connectivity index (χ3v) is 5.81. The fraction of sp³-hybridized carbons (Fsp3) is 0.294. The molecule has 0 aromatic heterocycles. The van der Waals surface area contributed by atoms with Crippen molar-refractivity contribution in [2.24, 2.45) is 0 Å². The number of nitrogens with zero attached hydrogens (tertiary/aromatic N) is 1. The molecule has 0 spiro atoms. The second-order valence-corrected chi connectivity index (χ2v) is 7.53. The molecule has 1 aliphatic heterocycles. The molecule has 1 heterocycles. The molecule has 0 unspecified atom stereocenters. The number of rotatable bonds is 3. The Kier molecular flexibility index (Phi) is 4.48. The highest BCUT2D eigenvalue weighted by Crippen LogP contribution is 2.26. The van der Waals surface area contributed by atoms with E-state index in [1.54, 1.807) is 36.4 Å². The fourth-order valence-electron chi connectivity index (χ4n) is 2.58. The summed E-state index contributed by atoms with van der Waals surface area (Å²) < 4.78 is 45.6. The van der Waals surface area contributed by atoms with E-state index in [4.69, 9.17) is 4.74 Å². The van der Waals surface area contributed by atoms with E-state index in [0.29, 0.717) is 13.2 Å². The summed E-state index contributed by atoms with van der Waals surface area (Å²) in [6.07, 6.45) is -0.385. The van der Waals surface area contributed by atoms with Gasteiger partial charge >= 0.3 is 0 Å². The van der Waals surface area contributed by atoms with Crippen molar-refractivity contribution < 1.29 is 17.5 Å². The number of ether oxygens (including phenoxy) is 1. The summed E-state index contributed by atoms with van der Waals surface area (Å²) in [7, 11) is -3.55. The molecule has 0 aliphatic carbocycles. The SMILES string of the molecule is Cc1ccc(S(=O)(=O)N2CCO[C@H](c3ccc(F)cc3)C2)cc1. The number of hydrogen-bond donors (Lipinski definition) is 0. The molecule has 1 fully saturated rings. The molecular weight excluding hydrogens is 317 g/mol. The van der Waals surface area contributed by atoms with Crippen molar-refractivity contribution in [3.8, 4) is 0 Å². The van der Waals surface area contributed by atoms with E-state index in [-0.39, 0.29) is 23.4 Å². The van der Waals surface area contributed by atoms with Gasteiger partial charge in [-0.25, -0.2) is 12.8 Å². The topological polar surface area (TPSA) is 46.6 Å². The highest BCUT2D eigenvalue weighted by Gasteiger charge is 2.31. The van der Waals surface area contributed by atoms with Crippen molar-refractivity contribution in [3.63, 3.8) is 0 Å². The van der Waals surface area contributed by atoms with Crippen LogP contribution in [0.1, 0.15) is 17.2 Å². The molecule has 1 saturated heterocycles. The van der Waals surface area contributed by atoms with Crippen molar-refractivity contribution in [2.75, 3.05) is 19.7 Å². The number of benzene rings is 2. The molecule has 23 heavy (non-hydrogen) atoms. The molecule has 2 aromatic carbocycles. The first-order valence-corrected chi connectivity index (χ1v) is 8.85. The maximum atomic E-state index is 13.0. The van der Waals surface area contributed by atoms with Gasteiger partial charge in [0, 0.05) is 13.1 Å². The van der Waals surface area contributed by atoms with E-state index in [0.717, 1.165) is 11.1 Å². The van der Waals surface area contributed by atoms with E-state index in [2.05, 4.69) is 0 Å². The van der Waals surface area contributed by atoms with Gasteiger partial charge in [0.15, 0.2) is 0 Å². The molecule has 0 N–H and O–H groups in total. The monoisotopic (exact) mass is 335 g/mol. The van der Waals surface area contributed by atoms with Crippen molar-refractivity contribution >= 4 is 10.0 Å². The quantitative estimate of drug-likeness (QED) is 0.866. The molecular formula is C17H18FNO3S. The van der Waals surface area contributed by atoms with Crippen LogP contribution in [0.4, 0.5) is 4.39 Å². The highest BCUT2D eigenvalue weighted by molar-refractivity contribution is 7.89. The molecule has 0 amide bonds. The zero-order chi connectivity index (χ0) is 16.4. The molecule has 1 aliphatic rings. The van der Waals surface area contributed by atoms with Gasteiger partial charge < -0.3 is 4.74 Å². The molecule has 2 aromatic rings. The molecule has 1 atom stereocenters. The first kappa shape index (κ1) is 16.1. The summed E-state index contributed by atoms with van der Waals surface area (Å²) in [6, 6.07) is 12.8. The van der Waals surface area contributed by atoms with Gasteiger partial charge in [0.05, 0.1) is 17.6 Å².